The van der Waals surface area contributed by atoms with Gasteiger partial charge in [-0.2, -0.15) is 13.2 Å². The normalized spacial score (nSPS) is 16.8. The number of halogens is 5. The van der Waals surface area contributed by atoms with Crippen molar-refractivity contribution in [1.29, 1.82) is 0 Å². The summed E-state index contributed by atoms with van der Waals surface area (Å²) < 4.78 is 70.7. The van der Waals surface area contributed by atoms with E-state index < -0.39 is 35.2 Å². The third-order valence-electron chi connectivity index (χ3n) is 6.21. The zero-order chi connectivity index (χ0) is 26.9. The van der Waals surface area contributed by atoms with E-state index in [2.05, 4.69) is 6.58 Å². The molecule has 0 bridgehead atoms. The molecule has 5 nitrogen and oxygen atoms in total. The molecular formula is C27H24F5N3O2. The Morgan fingerprint density at radius 2 is 2.00 bits per heavy atom. The lowest BCUT2D eigenvalue weighted by Gasteiger charge is -2.16. The predicted octanol–water partition coefficient (Wildman–Crippen LogP) is 5.80. The maximum Gasteiger partial charge on any atom is 0.419 e. The lowest BCUT2D eigenvalue weighted by Crippen LogP contribution is -2.35. The van der Waals surface area contributed by atoms with Gasteiger partial charge in [0, 0.05) is 30.2 Å². The number of allylic oxidation sites excluding steroid dienone is 5. The van der Waals surface area contributed by atoms with Gasteiger partial charge in [-0.25, -0.2) is 8.78 Å². The van der Waals surface area contributed by atoms with E-state index in [0.29, 0.717) is 23.3 Å². The van der Waals surface area contributed by atoms with Gasteiger partial charge in [-0.1, -0.05) is 24.8 Å². The standard InChI is InChI=1S/C27H24F5N3O2/c1-3-5-19(6-4-2)35-15-20(17-7-8-22(29)21(13-17)27(30,31)32)25-23(35)10-12-34(26(25)37)16-24(36)33-11-9-18(28)14-33/h3-8,10,12-13,15,18H,1,9,11,14,16H2,2H3/b6-4-,19-5+. The number of nitrogens with zero attached hydrogens (tertiary/aromatic N) is 3. The SMILES string of the molecule is C=C/C=C(\C=C/C)n1cc(-c2ccc(F)c(C(F)(F)F)c2)c2c(=O)n(CC(=O)N3CCC(F)C3)ccc21. The number of amides is 1. The fraction of sp³-hybridized carbons (Fsp3) is 0.259. The first-order valence-corrected chi connectivity index (χ1v) is 11.5. The van der Waals surface area contributed by atoms with Crippen molar-refractivity contribution in [2.45, 2.75) is 32.2 Å². The quantitative estimate of drug-likeness (QED) is 0.307. The van der Waals surface area contributed by atoms with Crippen LogP contribution in [0, 0.1) is 5.82 Å². The summed E-state index contributed by atoms with van der Waals surface area (Å²) in [4.78, 5) is 27.6. The molecule has 0 N–H and O–H groups in total. The minimum absolute atomic E-state index is 0.0168. The molecule has 194 valence electrons. The molecule has 10 heteroatoms. The molecule has 0 spiro atoms. The first-order chi connectivity index (χ1) is 17.5. The number of carbonyl (C=O) groups excluding carboxylic acids is 1. The summed E-state index contributed by atoms with van der Waals surface area (Å²) in [5, 5.41) is 0.0549. The van der Waals surface area contributed by atoms with E-state index >= 15 is 0 Å². The molecule has 2 aromatic heterocycles. The first kappa shape index (κ1) is 26.1. The molecule has 1 aliphatic heterocycles. The second-order valence-corrected chi connectivity index (χ2v) is 8.67. The average Bonchev–Trinajstić information content (AvgIpc) is 3.45. The number of hydrogen-bond donors (Lipinski definition) is 0. The number of fused-ring (bicyclic) bond motifs is 1. The van der Waals surface area contributed by atoms with Gasteiger partial charge in [0.15, 0.2) is 0 Å². The fourth-order valence-corrected chi connectivity index (χ4v) is 4.45. The summed E-state index contributed by atoms with van der Waals surface area (Å²) in [6.45, 7) is 5.30. The van der Waals surface area contributed by atoms with E-state index in [4.69, 9.17) is 0 Å². The number of pyridine rings is 1. The lowest BCUT2D eigenvalue weighted by molar-refractivity contribution is -0.140. The maximum atomic E-state index is 14.0. The van der Waals surface area contributed by atoms with Crippen molar-refractivity contribution in [3.05, 3.63) is 89.3 Å². The Labute approximate surface area is 209 Å². The molecule has 1 unspecified atom stereocenters. The average molecular weight is 517 g/mol. The highest BCUT2D eigenvalue weighted by molar-refractivity contribution is 5.98. The van der Waals surface area contributed by atoms with Crippen molar-refractivity contribution in [3.8, 4) is 11.1 Å². The number of alkyl halides is 4. The highest BCUT2D eigenvalue weighted by atomic mass is 19.4. The summed E-state index contributed by atoms with van der Waals surface area (Å²) >= 11 is 0. The second-order valence-electron chi connectivity index (χ2n) is 8.67. The zero-order valence-electron chi connectivity index (χ0n) is 19.9. The molecule has 4 rings (SSSR count). The smallest absolute Gasteiger partial charge is 0.338 e. The number of rotatable bonds is 6. The van der Waals surface area contributed by atoms with E-state index in [9.17, 15) is 31.5 Å². The van der Waals surface area contributed by atoms with Gasteiger partial charge >= 0.3 is 6.18 Å². The Kier molecular flexibility index (Phi) is 7.20. The molecule has 37 heavy (non-hydrogen) atoms. The highest BCUT2D eigenvalue weighted by Crippen LogP contribution is 2.37. The summed E-state index contributed by atoms with van der Waals surface area (Å²) in [5.41, 5.74) is -1.01. The Morgan fingerprint density at radius 3 is 2.62 bits per heavy atom. The molecule has 1 saturated heterocycles. The van der Waals surface area contributed by atoms with Gasteiger partial charge in [0.05, 0.1) is 23.0 Å². The van der Waals surface area contributed by atoms with Crippen molar-refractivity contribution in [2.24, 2.45) is 0 Å². The molecule has 1 fully saturated rings. The number of hydrogen-bond acceptors (Lipinski definition) is 2. The van der Waals surface area contributed by atoms with Crippen molar-refractivity contribution in [3.63, 3.8) is 0 Å². The highest BCUT2D eigenvalue weighted by Gasteiger charge is 2.34. The van der Waals surface area contributed by atoms with Crippen LogP contribution in [-0.2, 0) is 17.5 Å². The third kappa shape index (κ3) is 5.14. The van der Waals surface area contributed by atoms with Gasteiger partial charge in [-0.05, 0) is 49.3 Å². The minimum atomic E-state index is -4.94. The summed E-state index contributed by atoms with van der Waals surface area (Å²) in [6.07, 6.45) is 3.73. The molecular weight excluding hydrogens is 493 g/mol. The molecule has 0 radical (unpaired) electrons. The van der Waals surface area contributed by atoms with Crippen molar-refractivity contribution < 1.29 is 26.7 Å². The number of aromatic nitrogens is 2. The molecule has 1 aromatic carbocycles. The van der Waals surface area contributed by atoms with E-state index in [1.807, 2.05) is 0 Å². The van der Waals surface area contributed by atoms with Gasteiger partial charge in [0.25, 0.3) is 5.56 Å². The minimum Gasteiger partial charge on any atom is -0.338 e. The molecule has 0 aliphatic carbocycles. The van der Waals surface area contributed by atoms with Gasteiger partial charge in [-0.15, -0.1) is 0 Å². The van der Waals surface area contributed by atoms with E-state index in [1.54, 1.807) is 35.8 Å². The van der Waals surface area contributed by atoms with Gasteiger partial charge in [0.1, 0.15) is 18.5 Å². The van der Waals surface area contributed by atoms with Crippen LogP contribution in [0.4, 0.5) is 22.0 Å². The fourth-order valence-electron chi connectivity index (χ4n) is 4.45. The van der Waals surface area contributed by atoms with Crippen LogP contribution in [-0.4, -0.2) is 39.2 Å². The summed E-state index contributed by atoms with van der Waals surface area (Å²) in [6, 6.07) is 4.11. The van der Waals surface area contributed by atoms with Crippen LogP contribution < -0.4 is 5.56 Å². The Morgan fingerprint density at radius 1 is 1.24 bits per heavy atom. The summed E-state index contributed by atoms with van der Waals surface area (Å²) in [5.74, 6) is -1.87. The molecule has 3 heterocycles. The van der Waals surface area contributed by atoms with Crippen LogP contribution in [0.2, 0.25) is 0 Å². The van der Waals surface area contributed by atoms with Gasteiger partial charge in [-0.3, -0.25) is 9.59 Å². The number of likely N-dealkylation sites (tertiary alicyclic amines) is 1. The molecule has 1 amide bonds. The topological polar surface area (TPSA) is 47.2 Å². The number of benzene rings is 1. The molecule has 1 atom stereocenters. The Hall–Kier alpha value is -3.95. The van der Waals surface area contributed by atoms with Crippen LogP contribution in [0.15, 0.2) is 72.3 Å². The molecule has 0 saturated carbocycles. The Balaban J connectivity index is 1.93. The Bertz CT molecular complexity index is 1480. The second kappa shape index (κ2) is 10.2. The van der Waals surface area contributed by atoms with Crippen LogP contribution in [0.1, 0.15) is 18.9 Å². The maximum absolute atomic E-state index is 14.0. The predicted molar refractivity (Wildman–Crippen MR) is 132 cm³/mol. The van der Waals surface area contributed by atoms with Crippen molar-refractivity contribution in [1.82, 2.24) is 14.0 Å². The van der Waals surface area contributed by atoms with Gasteiger partial charge < -0.3 is 14.0 Å². The third-order valence-corrected chi connectivity index (χ3v) is 6.21. The lowest BCUT2D eigenvalue weighted by atomic mass is 10.0. The van der Waals surface area contributed by atoms with E-state index in [1.165, 1.54) is 29.4 Å². The van der Waals surface area contributed by atoms with Crippen LogP contribution >= 0.6 is 0 Å². The number of carbonyl (C=O) groups is 1. The van der Waals surface area contributed by atoms with E-state index in [0.717, 1.165) is 4.57 Å². The molecule has 1 aliphatic rings. The van der Waals surface area contributed by atoms with Crippen LogP contribution in [0.25, 0.3) is 27.7 Å². The zero-order valence-corrected chi connectivity index (χ0v) is 19.9. The van der Waals surface area contributed by atoms with Crippen molar-refractivity contribution in [2.75, 3.05) is 13.1 Å². The summed E-state index contributed by atoms with van der Waals surface area (Å²) in [7, 11) is 0. The monoisotopic (exact) mass is 517 g/mol. The largest absolute Gasteiger partial charge is 0.419 e. The van der Waals surface area contributed by atoms with Crippen LogP contribution in [0.5, 0.6) is 0 Å². The van der Waals surface area contributed by atoms with E-state index in [-0.39, 0.29) is 42.6 Å². The van der Waals surface area contributed by atoms with Crippen molar-refractivity contribution >= 4 is 22.5 Å². The van der Waals surface area contributed by atoms with Gasteiger partial charge in [0.2, 0.25) is 5.91 Å². The molecule has 3 aromatic rings. The first-order valence-electron chi connectivity index (χ1n) is 11.5. The van der Waals surface area contributed by atoms with Crippen LogP contribution in [0.3, 0.4) is 0 Å².